The molecule has 0 amide bonds. The van der Waals surface area contributed by atoms with Gasteiger partial charge in [0.25, 0.3) is 0 Å². The zero-order valence-electron chi connectivity index (χ0n) is 11.4. The number of nitrogens with zero attached hydrogens (tertiary/aromatic N) is 2. The number of rotatable bonds is 3. The van der Waals surface area contributed by atoms with Crippen LogP contribution in [0.3, 0.4) is 0 Å². The van der Waals surface area contributed by atoms with Gasteiger partial charge in [0.2, 0.25) is 0 Å². The SMILES string of the molecule is Cc1c(/C(CC(C)C)=N/O)c2ccccc2n1C. The van der Waals surface area contributed by atoms with Crippen molar-refractivity contribution < 1.29 is 5.21 Å². The van der Waals surface area contributed by atoms with Crippen molar-refractivity contribution in [1.29, 1.82) is 0 Å². The van der Waals surface area contributed by atoms with Crippen molar-refractivity contribution in [3.63, 3.8) is 0 Å². The highest BCUT2D eigenvalue weighted by atomic mass is 16.4. The summed E-state index contributed by atoms with van der Waals surface area (Å²) >= 11 is 0. The molecule has 18 heavy (non-hydrogen) atoms. The zero-order chi connectivity index (χ0) is 13.3. The van der Waals surface area contributed by atoms with E-state index in [2.05, 4.69) is 42.6 Å². The lowest BCUT2D eigenvalue weighted by Crippen LogP contribution is -2.07. The normalized spacial score (nSPS) is 12.6. The Bertz CT molecular complexity index is 594. The van der Waals surface area contributed by atoms with Crippen molar-refractivity contribution >= 4 is 16.6 Å². The third kappa shape index (κ3) is 2.01. The van der Waals surface area contributed by atoms with Crippen LogP contribution in [0.15, 0.2) is 29.4 Å². The molecule has 3 nitrogen and oxygen atoms in total. The molecule has 0 aliphatic carbocycles. The van der Waals surface area contributed by atoms with Crippen LogP contribution in [0.25, 0.3) is 10.9 Å². The fraction of sp³-hybridized carbons (Fsp3) is 0.400. The largest absolute Gasteiger partial charge is 0.411 e. The summed E-state index contributed by atoms with van der Waals surface area (Å²) in [6, 6.07) is 8.23. The first-order chi connectivity index (χ1) is 8.56. The third-order valence-corrected chi connectivity index (χ3v) is 3.41. The monoisotopic (exact) mass is 244 g/mol. The Morgan fingerprint density at radius 2 is 2.00 bits per heavy atom. The van der Waals surface area contributed by atoms with Gasteiger partial charge >= 0.3 is 0 Å². The molecule has 2 aromatic rings. The molecule has 1 aromatic heterocycles. The fourth-order valence-corrected chi connectivity index (χ4v) is 2.46. The van der Waals surface area contributed by atoms with Gasteiger partial charge in [0, 0.05) is 29.2 Å². The Balaban J connectivity index is 2.66. The van der Waals surface area contributed by atoms with Crippen LogP contribution in [0.2, 0.25) is 0 Å². The molecular formula is C15H20N2O. The molecule has 0 saturated carbocycles. The summed E-state index contributed by atoms with van der Waals surface area (Å²) in [6.07, 6.45) is 0.783. The van der Waals surface area contributed by atoms with Gasteiger partial charge in [-0.2, -0.15) is 0 Å². The van der Waals surface area contributed by atoms with Gasteiger partial charge in [0.05, 0.1) is 5.71 Å². The highest BCUT2D eigenvalue weighted by molar-refractivity contribution is 6.12. The predicted octanol–water partition coefficient (Wildman–Crippen LogP) is 3.71. The molecule has 0 saturated heterocycles. The number of oxime groups is 1. The average Bonchev–Trinajstić information content (AvgIpc) is 2.60. The molecular weight excluding hydrogens is 224 g/mol. The van der Waals surface area contributed by atoms with Crippen LogP contribution >= 0.6 is 0 Å². The maximum atomic E-state index is 9.30. The molecule has 1 aromatic carbocycles. The van der Waals surface area contributed by atoms with E-state index in [4.69, 9.17) is 0 Å². The molecule has 1 N–H and O–H groups in total. The van der Waals surface area contributed by atoms with Gasteiger partial charge in [-0.25, -0.2) is 0 Å². The van der Waals surface area contributed by atoms with E-state index in [9.17, 15) is 5.21 Å². The Morgan fingerprint density at radius 3 is 2.61 bits per heavy atom. The lowest BCUT2D eigenvalue weighted by molar-refractivity contribution is 0.317. The first-order valence-electron chi connectivity index (χ1n) is 6.31. The van der Waals surface area contributed by atoms with Crippen molar-refractivity contribution in [2.45, 2.75) is 27.2 Å². The van der Waals surface area contributed by atoms with Gasteiger partial charge < -0.3 is 9.77 Å². The van der Waals surface area contributed by atoms with Gasteiger partial charge in [-0.05, 0) is 25.3 Å². The molecule has 0 bridgehead atoms. The molecule has 0 fully saturated rings. The number of hydrogen-bond acceptors (Lipinski definition) is 2. The zero-order valence-corrected chi connectivity index (χ0v) is 11.4. The fourth-order valence-electron chi connectivity index (χ4n) is 2.46. The molecule has 0 atom stereocenters. The Hall–Kier alpha value is -1.77. The molecule has 0 aliphatic heterocycles. The number of aryl methyl sites for hydroxylation is 1. The van der Waals surface area contributed by atoms with Crippen molar-refractivity contribution in [3.05, 3.63) is 35.5 Å². The Labute approximate surface area is 108 Å². The Kier molecular flexibility index (Phi) is 3.41. The highest BCUT2D eigenvalue weighted by Crippen LogP contribution is 2.27. The first-order valence-corrected chi connectivity index (χ1v) is 6.31. The number of para-hydroxylation sites is 1. The van der Waals surface area contributed by atoms with Crippen LogP contribution < -0.4 is 0 Å². The van der Waals surface area contributed by atoms with Gasteiger partial charge in [0.15, 0.2) is 0 Å². The lowest BCUT2D eigenvalue weighted by atomic mass is 9.98. The van der Waals surface area contributed by atoms with E-state index in [-0.39, 0.29) is 0 Å². The quantitative estimate of drug-likeness (QED) is 0.499. The predicted molar refractivity (Wildman–Crippen MR) is 75.4 cm³/mol. The van der Waals surface area contributed by atoms with Crippen LogP contribution in [0.1, 0.15) is 31.5 Å². The van der Waals surface area contributed by atoms with Crippen molar-refractivity contribution in [2.24, 2.45) is 18.1 Å². The van der Waals surface area contributed by atoms with Gasteiger partial charge in [-0.3, -0.25) is 0 Å². The lowest BCUT2D eigenvalue weighted by Gasteiger charge is -2.08. The van der Waals surface area contributed by atoms with E-state index in [1.807, 2.05) is 19.2 Å². The molecule has 3 heteroatoms. The average molecular weight is 244 g/mol. The van der Waals surface area contributed by atoms with E-state index >= 15 is 0 Å². The number of benzene rings is 1. The maximum Gasteiger partial charge on any atom is 0.0894 e. The van der Waals surface area contributed by atoms with E-state index in [0.29, 0.717) is 5.92 Å². The van der Waals surface area contributed by atoms with Crippen molar-refractivity contribution in [3.8, 4) is 0 Å². The number of fused-ring (bicyclic) bond motifs is 1. The van der Waals surface area contributed by atoms with Crippen LogP contribution in [-0.2, 0) is 7.05 Å². The summed E-state index contributed by atoms with van der Waals surface area (Å²) in [5, 5.41) is 14.0. The topological polar surface area (TPSA) is 37.5 Å². The summed E-state index contributed by atoms with van der Waals surface area (Å²) in [4.78, 5) is 0. The third-order valence-electron chi connectivity index (χ3n) is 3.41. The van der Waals surface area contributed by atoms with Crippen LogP contribution in [0.4, 0.5) is 0 Å². The van der Waals surface area contributed by atoms with Crippen molar-refractivity contribution in [2.75, 3.05) is 0 Å². The van der Waals surface area contributed by atoms with Crippen LogP contribution in [-0.4, -0.2) is 15.5 Å². The molecule has 0 unspecified atom stereocenters. The second-order valence-corrected chi connectivity index (χ2v) is 5.18. The summed E-state index contributed by atoms with van der Waals surface area (Å²) in [5.74, 6) is 0.467. The van der Waals surface area contributed by atoms with Gasteiger partial charge in [-0.1, -0.05) is 37.2 Å². The molecule has 0 spiro atoms. The maximum absolute atomic E-state index is 9.30. The standard InChI is InChI=1S/C15H20N2O/c1-10(2)9-13(16-18)15-11(3)17(4)14-8-6-5-7-12(14)15/h5-8,10,18H,9H2,1-4H3/b16-13+. The minimum atomic E-state index is 0.467. The summed E-state index contributed by atoms with van der Waals surface area (Å²) in [5.41, 5.74) is 4.17. The van der Waals surface area contributed by atoms with Crippen molar-refractivity contribution in [1.82, 2.24) is 4.57 Å². The van der Waals surface area contributed by atoms with E-state index < -0.39 is 0 Å². The summed E-state index contributed by atoms with van der Waals surface area (Å²) < 4.78 is 2.15. The van der Waals surface area contributed by atoms with Crippen LogP contribution in [0, 0.1) is 12.8 Å². The number of hydrogen-bond donors (Lipinski definition) is 1. The molecule has 96 valence electrons. The summed E-state index contributed by atoms with van der Waals surface area (Å²) in [7, 11) is 2.05. The minimum Gasteiger partial charge on any atom is -0.411 e. The second kappa shape index (κ2) is 4.84. The minimum absolute atomic E-state index is 0.467. The molecule has 0 radical (unpaired) electrons. The van der Waals surface area contributed by atoms with Gasteiger partial charge in [-0.15, -0.1) is 0 Å². The second-order valence-electron chi connectivity index (χ2n) is 5.18. The molecule has 0 aliphatic rings. The molecule has 2 rings (SSSR count). The number of aromatic nitrogens is 1. The smallest absolute Gasteiger partial charge is 0.0894 e. The van der Waals surface area contributed by atoms with E-state index in [1.165, 1.54) is 5.52 Å². The van der Waals surface area contributed by atoms with Gasteiger partial charge in [0.1, 0.15) is 0 Å². The first kappa shape index (κ1) is 12.7. The van der Waals surface area contributed by atoms with E-state index in [0.717, 1.165) is 28.8 Å². The van der Waals surface area contributed by atoms with E-state index in [1.54, 1.807) is 0 Å². The summed E-state index contributed by atoms with van der Waals surface area (Å²) in [6.45, 7) is 6.33. The molecule has 1 heterocycles. The van der Waals surface area contributed by atoms with Crippen LogP contribution in [0.5, 0.6) is 0 Å². The Morgan fingerprint density at radius 1 is 1.33 bits per heavy atom. The highest BCUT2D eigenvalue weighted by Gasteiger charge is 2.17.